The molecule has 1 aromatic heterocycles. The highest BCUT2D eigenvalue weighted by atomic mass is 35.5. The van der Waals surface area contributed by atoms with Crippen LogP contribution in [0, 0.1) is 19.7 Å². The van der Waals surface area contributed by atoms with Gasteiger partial charge in [0.05, 0.1) is 22.0 Å². The van der Waals surface area contributed by atoms with Gasteiger partial charge in [0, 0.05) is 29.6 Å². The number of hydrogen-bond acceptors (Lipinski definition) is 4. The second-order valence-electron chi connectivity index (χ2n) is 8.60. The topological polar surface area (TPSA) is 75.2 Å². The number of aromatic nitrogens is 2. The standard InChI is InChI=1S/C28H22ClFN4O2/c1-16-14-19(33-27(35)22-7-5-8-23(30)25(22)29)10-11-20(16)28(36)34-13-12-18-15-31-17(2)32-26(18)21-6-3-4-9-24(21)34/h3-11,14-15H,12-13H2,1-2H3,(H,33,35). The van der Waals surface area contributed by atoms with Gasteiger partial charge in [-0.3, -0.25) is 9.59 Å². The Labute approximate surface area is 212 Å². The molecule has 180 valence electrons. The second-order valence-corrected chi connectivity index (χ2v) is 8.98. The molecule has 0 radical (unpaired) electrons. The van der Waals surface area contributed by atoms with Crippen LogP contribution in [0.3, 0.4) is 0 Å². The van der Waals surface area contributed by atoms with Crippen LogP contribution in [0.25, 0.3) is 11.3 Å². The lowest BCUT2D eigenvalue weighted by molar-refractivity contribution is 0.0985. The Morgan fingerprint density at radius 2 is 1.83 bits per heavy atom. The minimum absolute atomic E-state index is 0.0357. The number of hydrogen-bond donors (Lipinski definition) is 1. The minimum atomic E-state index is -0.664. The molecule has 1 aliphatic rings. The molecule has 36 heavy (non-hydrogen) atoms. The average molecular weight is 501 g/mol. The SMILES string of the molecule is Cc1ncc2c(n1)-c1ccccc1N(C(=O)c1ccc(NC(=O)c3cccc(F)c3Cl)cc1C)CC2. The fraction of sp³-hybridized carbons (Fsp3) is 0.143. The second kappa shape index (κ2) is 9.51. The van der Waals surface area contributed by atoms with Gasteiger partial charge in [0.1, 0.15) is 11.6 Å². The van der Waals surface area contributed by atoms with Gasteiger partial charge in [-0.15, -0.1) is 0 Å². The van der Waals surface area contributed by atoms with Crippen LogP contribution in [0.5, 0.6) is 0 Å². The number of fused-ring (bicyclic) bond motifs is 3. The summed E-state index contributed by atoms with van der Waals surface area (Å²) < 4.78 is 13.7. The molecule has 3 aromatic carbocycles. The number of benzene rings is 3. The van der Waals surface area contributed by atoms with Crippen LogP contribution in [0.1, 0.15) is 37.7 Å². The monoisotopic (exact) mass is 500 g/mol. The average Bonchev–Trinajstić information content (AvgIpc) is 3.02. The predicted molar refractivity (Wildman–Crippen MR) is 138 cm³/mol. The quantitative estimate of drug-likeness (QED) is 0.374. The summed E-state index contributed by atoms with van der Waals surface area (Å²) >= 11 is 5.94. The molecule has 1 aliphatic heterocycles. The highest BCUT2D eigenvalue weighted by Gasteiger charge is 2.27. The number of nitrogens with one attached hydrogen (secondary N) is 1. The van der Waals surface area contributed by atoms with Crippen molar-refractivity contribution in [1.82, 2.24) is 9.97 Å². The number of nitrogens with zero attached hydrogens (tertiary/aromatic N) is 3. The Balaban J connectivity index is 1.44. The van der Waals surface area contributed by atoms with Gasteiger partial charge < -0.3 is 10.2 Å². The van der Waals surface area contributed by atoms with E-state index in [-0.39, 0.29) is 16.5 Å². The minimum Gasteiger partial charge on any atom is -0.322 e. The third-order valence-electron chi connectivity index (χ3n) is 6.20. The summed E-state index contributed by atoms with van der Waals surface area (Å²) in [6.45, 7) is 4.14. The van der Waals surface area contributed by atoms with Gasteiger partial charge in [0.25, 0.3) is 11.8 Å². The van der Waals surface area contributed by atoms with Crippen LogP contribution < -0.4 is 10.2 Å². The summed E-state index contributed by atoms with van der Waals surface area (Å²) in [6, 6.07) is 16.8. The molecule has 0 unspecified atom stereocenters. The number of anilines is 2. The first-order chi connectivity index (χ1) is 17.3. The van der Waals surface area contributed by atoms with Gasteiger partial charge in [-0.1, -0.05) is 35.9 Å². The van der Waals surface area contributed by atoms with Crippen molar-refractivity contribution < 1.29 is 14.0 Å². The van der Waals surface area contributed by atoms with Crippen LogP contribution in [0.15, 0.2) is 66.9 Å². The highest BCUT2D eigenvalue weighted by molar-refractivity contribution is 6.34. The number of carbonyl (C=O) groups excluding carboxylic acids is 2. The number of carbonyl (C=O) groups is 2. The van der Waals surface area contributed by atoms with Crippen molar-refractivity contribution in [2.75, 3.05) is 16.8 Å². The number of amides is 2. The van der Waals surface area contributed by atoms with Gasteiger partial charge in [-0.25, -0.2) is 14.4 Å². The van der Waals surface area contributed by atoms with Crippen molar-refractivity contribution in [3.63, 3.8) is 0 Å². The van der Waals surface area contributed by atoms with E-state index in [9.17, 15) is 14.0 Å². The van der Waals surface area contributed by atoms with E-state index in [4.69, 9.17) is 11.6 Å². The van der Waals surface area contributed by atoms with Crippen LogP contribution in [-0.2, 0) is 6.42 Å². The summed E-state index contributed by atoms with van der Waals surface area (Å²) in [5, 5.41) is 2.49. The van der Waals surface area contributed by atoms with Gasteiger partial charge >= 0.3 is 0 Å². The van der Waals surface area contributed by atoms with Crippen molar-refractivity contribution >= 4 is 34.8 Å². The molecule has 0 bridgehead atoms. The van der Waals surface area contributed by atoms with Crippen molar-refractivity contribution in [3.05, 3.63) is 106 Å². The van der Waals surface area contributed by atoms with Crippen LogP contribution in [0.4, 0.5) is 15.8 Å². The molecule has 0 saturated carbocycles. The van der Waals surface area contributed by atoms with Crippen molar-refractivity contribution in [1.29, 1.82) is 0 Å². The Morgan fingerprint density at radius 1 is 1.03 bits per heavy atom. The molecule has 4 aromatic rings. The molecule has 8 heteroatoms. The Morgan fingerprint density at radius 3 is 2.64 bits per heavy atom. The molecular weight excluding hydrogens is 479 g/mol. The van der Waals surface area contributed by atoms with Crippen molar-refractivity contribution in [2.45, 2.75) is 20.3 Å². The third-order valence-corrected chi connectivity index (χ3v) is 6.58. The van der Waals surface area contributed by atoms with Gasteiger partial charge in [0.15, 0.2) is 0 Å². The first-order valence-electron chi connectivity index (χ1n) is 11.4. The van der Waals surface area contributed by atoms with E-state index < -0.39 is 11.7 Å². The molecule has 0 aliphatic carbocycles. The Hall–Kier alpha value is -4.10. The zero-order valence-corrected chi connectivity index (χ0v) is 20.4. The lowest BCUT2D eigenvalue weighted by Crippen LogP contribution is -2.33. The van der Waals surface area contributed by atoms with Crippen LogP contribution >= 0.6 is 11.6 Å². The number of rotatable bonds is 3. The van der Waals surface area contributed by atoms with E-state index in [1.54, 1.807) is 23.1 Å². The van der Waals surface area contributed by atoms with E-state index in [1.165, 1.54) is 18.2 Å². The van der Waals surface area contributed by atoms with E-state index in [2.05, 4.69) is 15.3 Å². The maximum atomic E-state index is 13.7. The largest absolute Gasteiger partial charge is 0.322 e. The van der Waals surface area contributed by atoms with Gasteiger partial charge in [-0.2, -0.15) is 0 Å². The molecule has 0 saturated heterocycles. The number of halogens is 2. The fourth-order valence-electron chi connectivity index (χ4n) is 4.39. The van der Waals surface area contributed by atoms with Crippen molar-refractivity contribution in [2.24, 2.45) is 0 Å². The molecular formula is C28H22ClFN4O2. The molecule has 2 heterocycles. The number of aryl methyl sites for hydroxylation is 2. The third kappa shape index (κ3) is 4.33. The smallest absolute Gasteiger partial charge is 0.258 e. The summed E-state index contributed by atoms with van der Waals surface area (Å²) in [5.74, 6) is -0.670. The van der Waals surface area contributed by atoms with E-state index >= 15 is 0 Å². The van der Waals surface area contributed by atoms with Gasteiger partial charge in [0.2, 0.25) is 0 Å². The zero-order chi connectivity index (χ0) is 25.4. The predicted octanol–water partition coefficient (Wildman–Crippen LogP) is 6.01. The zero-order valence-electron chi connectivity index (χ0n) is 19.7. The molecule has 5 rings (SSSR count). The molecule has 0 atom stereocenters. The van der Waals surface area contributed by atoms with E-state index in [0.29, 0.717) is 35.6 Å². The number of para-hydroxylation sites is 1. The summed E-state index contributed by atoms with van der Waals surface area (Å²) in [5.41, 5.74) is 5.23. The summed E-state index contributed by atoms with van der Waals surface area (Å²) in [4.78, 5) is 37.1. The highest BCUT2D eigenvalue weighted by Crippen LogP contribution is 2.36. The molecule has 0 fully saturated rings. The van der Waals surface area contributed by atoms with Crippen LogP contribution in [0.2, 0.25) is 5.02 Å². The lowest BCUT2D eigenvalue weighted by atomic mass is 10.0. The lowest BCUT2D eigenvalue weighted by Gasteiger charge is -2.24. The van der Waals surface area contributed by atoms with Crippen molar-refractivity contribution in [3.8, 4) is 11.3 Å². The Bertz CT molecular complexity index is 1520. The first-order valence-corrected chi connectivity index (χ1v) is 11.8. The van der Waals surface area contributed by atoms with E-state index in [1.807, 2.05) is 44.3 Å². The normalized spacial score (nSPS) is 12.4. The first kappa shape index (κ1) is 23.6. The molecule has 0 spiro atoms. The summed E-state index contributed by atoms with van der Waals surface area (Å²) in [7, 11) is 0. The van der Waals surface area contributed by atoms with Crippen LogP contribution in [-0.4, -0.2) is 28.3 Å². The van der Waals surface area contributed by atoms with E-state index in [0.717, 1.165) is 22.5 Å². The Kier molecular flexibility index (Phi) is 6.24. The fourth-order valence-corrected chi connectivity index (χ4v) is 4.60. The molecule has 1 N–H and O–H groups in total. The summed E-state index contributed by atoms with van der Waals surface area (Å²) in [6.07, 6.45) is 2.45. The molecule has 6 nitrogen and oxygen atoms in total. The molecule has 2 amide bonds. The maximum Gasteiger partial charge on any atom is 0.258 e. The maximum absolute atomic E-state index is 13.7. The van der Waals surface area contributed by atoms with Gasteiger partial charge in [-0.05, 0) is 67.8 Å².